The SMILES string of the molecule is CN1CCC(CCNC(=O)[C@H]2CN(S(C)(=O)=O)c3ccccc3O2)CC1. The van der Waals surface area contributed by atoms with Crippen molar-refractivity contribution < 1.29 is 17.9 Å². The number of rotatable bonds is 5. The van der Waals surface area contributed by atoms with Crippen LogP contribution in [0.3, 0.4) is 0 Å². The van der Waals surface area contributed by atoms with Crippen molar-refractivity contribution in [3.63, 3.8) is 0 Å². The number of sulfonamides is 1. The predicted octanol–water partition coefficient (Wildman–Crippen LogP) is 1.06. The van der Waals surface area contributed by atoms with Crippen LogP contribution in [0.25, 0.3) is 0 Å². The summed E-state index contributed by atoms with van der Waals surface area (Å²) in [4.78, 5) is 14.8. The van der Waals surface area contributed by atoms with Crippen molar-refractivity contribution in [1.82, 2.24) is 10.2 Å². The van der Waals surface area contributed by atoms with E-state index in [2.05, 4.69) is 17.3 Å². The van der Waals surface area contributed by atoms with Crippen molar-refractivity contribution in [2.45, 2.75) is 25.4 Å². The maximum Gasteiger partial charge on any atom is 0.263 e. The zero-order chi connectivity index (χ0) is 18.7. The van der Waals surface area contributed by atoms with E-state index < -0.39 is 16.1 Å². The lowest BCUT2D eigenvalue weighted by molar-refractivity contribution is -0.127. The number of ether oxygens (including phenoxy) is 1. The number of fused-ring (bicyclic) bond motifs is 1. The summed E-state index contributed by atoms with van der Waals surface area (Å²) in [6.45, 7) is 2.79. The van der Waals surface area contributed by atoms with Crippen molar-refractivity contribution in [1.29, 1.82) is 0 Å². The van der Waals surface area contributed by atoms with Gasteiger partial charge in [-0.25, -0.2) is 8.42 Å². The van der Waals surface area contributed by atoms with Crippen LogP contribution in [0.4, 0.5) is 5.69 Å². The minimum Gasteiger partial charge on any atom is -0.476 e. The summed E-state index contributed by atoms with van der Waals surface area (Å²) in [7, 11) is -1.35. The molecule has 7 nitrogen and oxygen atoms in total. The number of anilines is 1. The van der Waals surface area contributed by atoms with Crippen LogP contribution >= 0.6 is 0 Å². The van der Waals surface area contributed by atoms with E-state index in [1.54, 1.807) is 24.3 Å². The molecule has 2 aliphatic heterocycles. The second-order valence-electron chi connectivity index (χ2n) is 7.19. The molecular weight excluding hydrogens is 354 g/mol. The van der Waals surface area contributed by atoms with Gasteiger partial charge in [0.2, 0.25) is 10.0 Å². The van der Waals surface area contributed by atoms with Gasteiger partial charge in [0.1, 0.15) is 5.75 Å². The molecule has 0 radical (unpaired) electrons. The molecule has 144 valence electrons. The molecule has 8 heteroatoms. The highest BCUT2D eigenvalue weighted by atomic mass is 32.2. The molecule has 1 amide bonds. The van der Waals surface area contributed by atoms with E-state index >= 15 is 0 Å². The Balaban J connectivity index is 1.58. The number of piperidine rings is 1. The molecule has 2 heterocycles. The molecule has 2 aliphatic rings. The third-order valence-electron chi connectivity index (χ3n) is 5.12. The van der Waals surface area contributed by atoms with E-state index in [4.69, 9.17) is 4.74 Å². The number of hydrogen-bond acceptors (Lipinski definition) is 5. The molecule has 1 aromatic rings. The monoisotopic (exact) mass is 381 g/mol. The van der Waals surface area contributed by atoms with Gasteiger partial charge >= 0.3 is 0 Å². The van der Waals surface area contributed by atoms with E-state index in [1.165, 1.54) is 4.31 Å². The van der Waals surface area contributed by atoms with Crippen molar-refractivity contribution in [2.24, 2.45) is 5.92 Å². The fraction of sp³-hybridized carbons (Fsp3) is 0.611. The van der Waals surface area contributed by atoms with Crippen molar-refractivity contribution >= 4 is 21.6 Å². The third-order valence-corrected chi connectivity index (χ3v) is 6.26. The minimum atomic E-state index is -3.48. The van der Waals surface area contributed by atoms with Crippen LogP contribution in [-0.4, -0.2) is 64.8 Å². The van der Waals surface area contributed by atoms with Gasteiger partial charge in [0, 0.05) is 6.54 Å². The van der Waals surface area contributed by atoms with E-state index in [-0.39, 0.29) is 12.5 Å². The number of nitrogens with one attached hydrogen (secondary N) is 1. The van der Waals surface area contributed by atoms with Gasteiger partial charge in [-0.1, -0.05) is 12.1 Å². The number of nitrogens with zero attached hydrogens (tertiary/aromatic N) is 2. The van der Waals surface area contributed by atoms with Gasteiger partial charge in [0.05, 0.1) is 18.5 Å². The molecule has 1 aromatic carbocycles. The van der Waals surface area contributed by atoms with Crippen LogP contribution in [0.2, 0.25) is 0 Å². The summed E-state index contributed by atoms with van der Waals surface area (Å²) in [6.07, 6.45) is 3.56. The van der Waals surface area contributed by atoms with E-state index in [9.17, 15) is 13.2 Å². The first-order valence-corrected chi connectivity index (χ1v) is 10.9. The maximum absolute atomic E-state index is 12.5. The van der Waals surface area contributed by atoms with Gasteiger partial charge in [0.25, 0.3) is 5.91 Å². The van der Waals surface area contributed by atoms with Gasteiger partial charge in [-0.3, -0.25) is 9.10 Å². The molecule has 1 atom stereocenters. The average molecular weight is 381 g/mol. The lowest BCUT2D eigenvalue weighted by Gasteiger charge is -2.34. The second kappa shape index (κ2) is 7.84. The van der Waals surface area contributed by atoms with Crippen LogP contribution in [-0.2, 0) is 14.8 Å². The topological polar surface area (TPSA) is 79.0 Å². The summed E-state index contributed by atoms with van der Waals surface area (Å²) in [5, 5.41) is 2.91. The quantitative estimate of drug-likeness (QED) is 0.825. The Labute approximate surface area is 155 Å². The molecule has 1 N–H and O–H groups in total. The number of carbonyl (C=O) groups excluding carboxylic acids is 1. The average Bonchev–Trinajstić information content (AvgIpc) is 2.61. The standard InChI is InChI=1S/C18H27N3O4S/c1-20-11-8-14(9-12-20)7-10-19-18(22)17-13-21(26(2,23)24)15-5-3-4-6-16(15)25-17/h3-6,14,17H,7-13H2,1-2H3,(H,19,22)/t17-/m1/s1. The number of hydrogen-bond donors (Lipinski definition) is 1. The highest BCUT2D eigenvalue weighted by molar-refractivity contribution is 7.92. The number of benzene rings is 1. The van der Waals surface area contributed by atoms with Crippen LogP contribution in [0.1, 0.15) is 19.3 Å². The number of para-hydroxylation sites is 2. The summed E-state index contributed by atoms with van der Waals surface area (Å²) in [5.41, 5.74) is 0.477. The van der Waals surface area contributed by atoms with Gasteiger partial charge in [-0.05, 0) is 57.5 Å². The van der Waals surface area contributed by atoms with Gasteiger partial charge in [-0.2, -0.15) is 0 Å². The third kappa shape index (κ3) is 4.48. The summed E-state index contributed by atoms with van der Waals surface area (Å²) in [6, 6.07) is 6.89. The number of amides is 1. The van der Waals surface area contributed by atoms with Crippen molar-refractivity contribution in [2.75, 3.05) is 43.8 Å². The molecule has 0 unspecified atom stereocenters. The highest BCUT2D eigenvalue weighted by Gasteiger charge is 2.34. The predicted molar refractivity (Wildman–Crippen MR) is 101 cm³/mol. The Morgan fingerprint density at radius 1 is 1.27 bits per heavy atom. The lowest BCUT2D eigenvalue weighted by Crippen LogP contribution is -2.50. The molecule has 0 aliphatic carbocycles. The molecular formula is C18H27N3O4S. The fourth-order valence-corrected chi connectivity index (χ4v) is 4.43. The van der Waals surface area contributed by atoms with E-state index in [0.29, 0.717) is 23.9 Å². The first-order chi connectivity index (χ1) is 12.3. The van der Waals surface area contributed by atoms with E-state index in [1.807, 2.05) is 0 Å². The Morgan fingerprint density at radius 2 is 1.96 bits per heavy atom. The van der Waals surface area contributed by atoms with Crippen molar-refractivity contribution in [3.8, 4) is 5.75 Å². The maximum atomic E-state index is 12.5. The molecule has 0 saturated carbocycles. The zero-order valence-corrected chi connectivity index (χ0v) is 16.2. The van der Waals surface area contributed by atoms with E-state index in [0.717, 1.165) is 38.6 Å². The lowest BCUT2D eigenvalue weighted by atomic mass is 9.94. The Bertz CT molecular complexity index is 745. The zero-order valence-electron chi connectivity index (χ0n) is 15.3. The van der Waals surface area contributed by atoms with Crippen LogP contribution in [0, 0.1) is 5.92 Å². The van der Waals surface area contributed by atoms with Gasteiger partial charge in [0.15, 0.2) is 6.10 Å². The fourth-order valence-electron chi connectivity index (χ4n) is 3.52. The van der Waals surface area contributed by atoms with Crippen LogP contribution in [0.5, 0.6) is 5.75 Å². The minimum absolute atomic E-state index is 0.00406. The Morgan fingerprint density at radius 3 is 2.65 bits per heavy atom. The van der Waals surface area contributed by atoms with Crippen molar-refractivity contribution in [3.05, 3.63) is 24.3 Å². The molecule has 26 heavy (non-hydrogen) atoms. The number of likely N-dealkylation sites (tertiary alicyclic amines) is 1. The number of carbonyl (C=O) groups is 1. The summed E-state index contributed by atoms with van der Waals surface area (Å²) in [5.74, 6) is 0.785. The molecule has 3 rings (SSSR count). The molecule has 0 aromatic heterocycles. The second-order valence-corrected chi connectivity index (χ2v) is 9.10. The highest BCUT2D eigenvalue weighted by Crippen LogP contribution is 2.34. The molecule has 1 saturated heterocycles. The first kappa shape index (κ1) is 19.0. The Kier molecular flexibility index (Phi) is 5.72. The summed E-state index contributed by atoms with van der Waals surface area (Å²) >= 11 is 0. The largest absolute Gasteiger partial charge is 0.476 e. The van der Waals surface area contributed by atoms with Crippen LogP contribution < -0.4 is 14.4 Å². The normalized spacial score (nSPS) is 21.8. The Hall–Kier alpha value is -1.80. The summed E-state index contributed by atoms with van der Waals surface area (Å²) < 4.78 is 31.2. The molecule has 1 fully saturated rings. The molecule has 0 spiro atoms. The smallest absolute Gasteiger partial charge is 0.263 e. The van der Waals surface area contributed by atoms with Gasteiger partial charge in [-0.15, -0.1) is 0 Å². The first-order valence-electron chi connectivity index (χ1n) is 9.04. The van der Waals surface area contributed by atoms with Gasteiger partial charge < -0.3 is 15.0 Å². The molecule has 0 bridgehead atoms. The van der Waals surface area contributed by atoms with Crippen LogP contribution in [0.15, 0.2) is 24.3 Å².